The summed E-state index contributed by atoms with van der Waals surface area (Å²) in [4.78, 5) is 30.4. The van der Waals surface area contributed by atoms with E-state index >= 15 is 0 Å². The molecule has 24 heavy (non-hydrogen) atoms. The lowest BCUT2D eigenvalue weighted by atomic mass is 10.1. The zero-order valence-electron chi connectivity index (χ0n) is 13.6. The first-order valence-electron chi connectivity index (χ1n) is 8.18. The number of hydrogen-bond donors (Lipinski definition) is 1. The smallest absolute Gasteiger partial charge is 0.270 e. The largest absolute Gasteiger partial charge is 0.348 e. The van der Waals surface area contributed by atoms with E-state index in [1.54, 1.807) is 11.0 Å². The average Bonchev–Trinajstić information content (AvgIpc) is 3.30. The van der Waals surface area contributed by atoms with Gasteiger partial charge in [0.25, 0.3) is 11.8 Å². The highest BCUT2D eigenvalue weighted by atomic mass is 32.2. The first-order chi connectivity index (χ1) is 11.4. The number of rotatable bonds is 5. The van der Waals surface area contributed by atoms with Gasteiger partial charge >= 0.3 is 0 Å². The van der Waals surface area contributed by atoms with E-state index < -0.39 is 9.84 Å². The Balaban J connectivity index is 1.76. The van der Waals surface area contributed by atoms with Gasteiger partial charge in [-0.1, -0.05) is 0 Å². The van der Waals surface area contributed by atoms with Crippen molar-refractivity contribution in [2.75, 3.05) is 18.1 Å². The maximum atomic E-state index is 12.8. The van der Waals surface area contributed by atoms with Gasteiger partial charge in [0, 0.05) is 30.4 Å². The van der Waals surface area contributed by atoms with Gasteiger partial charge in [-0.3, -0.25) is 14.6 Å². The van der Waals surface area contributed by atoms with Crippen LogP contribution in [0.1, 0.15) is 47.0 Å². The van der Waals surface area contributed by atoms with Crippen LogP contribution in [0.2, 0.25) is 0 Å². The average molecular weight is 351 g/mol. The summed E-state index contributed by atoms with van der Waals surface area (Å²) in [5.41, 5.74) is 0.569. The number of nitrogens with zero attached hydrogens (tertiary/aromatic N) is 2. The molecular formula is C16H21N3O4S. The molecule has 1 unspecified atom stereocenters. The number of carbonyl (C=O) groups excluding carboxylic acids is 2. The standard InChI is InChI=1S/C16H21N3O4S/c1-2-19(13-6-8-24(22,23)10-13)16(21)11-5-7-17-14(9-11)15(20)18-12-3-4-12/h5,7,9,12-13H,2-4,6,8,10H2,1H3,(H,18,20). The molecule has 0 spiro atoms. The van der Waals surface area contributed by atoms with Crippen molar-refractivity contribution in [3.8, 4) is 0 Å². The van der Waals surface area contributed by atoms with E-state index in [2.05, 4.69) is 10.3 Å². The second-order valence-corrected chi connectivity index (χ2v) is 8.55. The van der Waals surface area contributed by atoms with Crippen LogP contribution in [0, 0.1) is 0 Å². The number of carbonyl (C=O) groups is 2. The molecule has 2 fully saturated rings. The van der Waals surface area contributed by atoms with Crippen molar-refractivity contribution in [2.45, 2.75) is 38.3 Å². The predicted octanol–water partition coefficient (Wildman–Crippen LogP) is 0.623. The number of sulfone groups is 1. The summed E-state index contributed by atoms with van der Waals surface area (Å²) in [5, 5.41) is 2.84. The Morgan fingerprint density at radius 2 is 2.08 bits per heavy atom. The van der Waals surface area contributed by atoms with E-state index in [4.69, 9.17) is 0 Å². The molecule has 1 aliphatic heterocycles. The summed E-state index contributed by atoms with van der Waals surface area (Å²) in [6.07, 6.45) is 3.85. The van der Waals surface area contributed by atoms with Gasteiger partial charge in [0.05, 0.1) is 11.5 Å². The van der Waals surface area contributed by atoms with E-state index in [0.29, 0.717) is 18.5 Å². The highest BCUT2D eigenvalue weighted by molar-refractivity contribution is 7.91. The van der Waals surface area contributed by atoms with Crippen molar-refractivity contribution in [1.29, 1.82) is 0 Å². The van der Waals surface area contributed by atoms with Crippen molar-refractivity contribution >= 4 is 21.7 Å². The first kappa shape index (κ1) is 16.9. The van der Waals surface area contributed by atoms with Crippen LogP contribution >= 0.6 is 0 Å². The Hall–Kier alpha value is -1.96. The summed E-state index contributed by atoms with van der Waals surface area (Å²) in [5.74, 6) is -0.416. The zero-order chi connectivity index (χ0) is 17.3. The quantitative estimate of drug-likeness (QED) is 0.839. The fourth-order valence-corrected chi connectivity index (χ4v) is 4.66. The Bertz CT molecular complexity index is 758. The number of nitrogens with one attached hydrogen (secondary N) is 1. The molecule has 130 valence electrons. The Morgan fingerprint density at radius 1 is 1.33 bits per heavy atom. The minimum Gasteiger partial charge on any atom is -0.348 e. The van der Waals surface area contributed by atoms with Crippen LogP contribution in [0.3, 0.4) is 0 Å². The molecule has 1 saturated carbocycles. The van der Waals surface area contributed by atoms with Crippen LogP contribution in [0.5, 0.6) is 0 Å². The molecule has 0 bridgehead atoms. The second-order valence-electron chi connectivity index (χ2n) is 6.33. The minimum absolute atomic E-state index is 0.00663. The van der Waals surface area contributed by atoms with Gasteiger partial charge in [-0.25, -0.2) is 8.42 Å². The fourth-order valence-electron chi connectivity index (χ4n) is 2.93. The third-order valence-electron chi connectivity index (χ3n) is 4.40. The van der Waals surface area contributed by atoms with Crippen LogP contribution in [0.25, 0.3) is 0 Å². The van der Waals surface area contributed by atoms with Crippen LogP contribution in [-0.2, 0) is 9.84 Å². The molecular weight excluding hydrogens is 330 g/mol. The normalized spacial score (nSPS) is 22.1. The third-order valence-corrected chi connectivity index (χ3v) is 6.15. The summed E-state index contributed by atoms with van der Waals surface area (Å²) in [7, 11) is -3.06. The molecule has 1 N–H and O–H groups in total. The molecule has 1 aliphatic carbocycles. The molecule has 1 saturated heterocycles. The first-order valence-corrected chi connectivity index (χ1v) is 10.00. The molecule has 1 atom stereocenters. The highest BCUT2D eigenvalue weighted by Gasteiger charge is 2.34. The van der Waals surface area contributed by atoms with E-state index in [1.807, 2.05) is 6.92 Å². The lowest BCUT2D eigenvalue weighted by Gasteiger charge is -2.27. The van der Waals surface area contributed by atoms with Crippen molar-refractivity contribution < 1.29 is 18.0 Å². The molecule has 0 aromatic carbocycles. The maximum absolute atomic E-state index is 12.8. The van der Waals surface area contributed by atoms with Gasteiger partial charge in [-0.2, -0.15) is 0 Å². The van der Waals surface area contributed by atoms with E-state index in [0.717, 1.165) is 12.8 Å². The molecule has 3 rings (SSSR count). The monoisotopic (exact) mass is 351 g/mol. The lowest BCUT2D eigenvalue weighted by molar-refractivity contribution is 0.0708. The Morgan fingerprint density at radius 3 is 2.67 bits per heavy atom. The lowest BCUT2D eigenvalue weighted by Crippen LogP contribution is -2.41. The molecule has 2 aliphatic rings. The van der Waals surface area contributed by atoms with Crippen molar-refractivity contribution in [2.24, 2.45) is 0 Å². The number of amides is 2. The van der Waals surface area contributed by atoms with Crippen LogP contribution < -0.4 is 5.32 Å². The third kappa shape index (κ3) is 3.75. The number of pyridine rings is 1. The van der Waals surface area contributed by atoms with E-state index in [1.165, 1.54) is 12.3 Å². The van der Waals surface area contributed by atoms with Gasteiger partial charge in [-0.15, -0.1) is 0 Å². The SMILES string of the molecule is CCN(C(=O)c1ccnc(C(=O)NC2CC2)c1)C1CCS(=O)(=O)C1. The van der Waals surface area contributed by atoms with Crippen molar-refractivity contribution in [3.05, 3.63) is 29.6 Å². The van der Waals surface area contributed by atoms with Crippen molar-refractivity contribution in [1.82, 2.24) is 15.2 Å². The Kier molecular flexibility index (Phi) is 4.58. The molecule has 8 heteroatoms. The van der Waals surface area contributed by atoms with Crippen LogP contribution in [0.4, 0.5) is 0 Å². The molecule has 1 aromatic rings. The number of hydrogen-bond acceptors (Lipinski definition) is 5. The Labute approximate surface area is 141 Å². The molecule has 0 radical (unpaired) electrons. The number of aromatic nitrogens is 1. The fraction of sp³-hybridized carbons (Fsp3) is 0.562. The molecule has 1 aromatic heterocycles. The van der Waals surface area contributed by atoms with Gasteiger partial charge in [0.15, 0.2) is 9.84 Å². The summed E-state index contributed by atoms with van der Waals surface area (Å²) in [6.45, 7) is 2.25. The minimum atomic E-state index is -3.06. The molecule has 7 nitrogen and oxygen atoms in total. The van der Waals surface area contributed by atoms with Crippen molar-refractivity contribution in [3.63, 3.8) is 0 Å². The summed E-state index contributed by atoms with van der Waals surface area (Å²) in [6, 6.07) is 2.95. The van der Waals surface area contributed by atoms with E-state index in [9.17, 15) is 18.0 Å². The zero-order valence-corrected chi connectivity index (χ0v) is 14.4. The topological polar surface area (TPSA) is 96.4 Å². The van der Waals surface area contributed by atoms with Gasteiger partial charge < -0.3 is 10.2 Å². The van der Waals surface area contributed by atoms with Crippen LogP contribution in [-0.4, -0.2) is 60.3 Å². The predicted molar refractivity (Wildman–Crippen MR) is 88.5 cm³/mol. The maximum Gasteiger partial charge on any atom is 0.270 e. The molecule has 2 amide bonds. The second kappa shape index (κ2) is 6.51. The summed E-state index contributed by atoms with van der Waals surface area (Å²) >= 11 is 0. The summed E-state index contributed by atoms with van der Waals surface area (Å²) < 4.78 is 23.3. The van der Waals surface area contributed by atoms with Gasteiger partial charge in [-0.05, 0) is 38.3 Å². The molecule has 2 heterocycles. The van der Waals surface area contributed by atoms with Gasteiger partial charge in [0.1, 0.15) is 5.69 Å². The van der Waals surface area contributed by atoms with Gasteiger partial charge in [0.2, 0.25) is 0 Å². The van der Waals surface area contributed by atoms with E-state index in [-0.39, 0.29) is 41.1 Å². The van der Waals surface area contributed by atoms with Crippen LogP contribution in [0.15, 0.2) is 18.3 Å². The highest BCUT2D eigenvalue weighted by Crippen LogP contribution is 2.21.